The number of carbonyl (C=O) groups excluding carboxylic acids is 2. The van der Waals surface area contributed by atoms with Crippen LogP contribution in [-0.2, 0) is 11.2 Å². The van der Waals surface area contributed by atoms with E-state index in [4.69, 9.17) is 33.5 Å². The molecule has 1 atom stereocenters. The fourth-order valence-corrected chi connectivity index (χ4v) is 2.60. The molecule has 0 radical (unpaired) electrons. The van der Waals surface area contributed by atoms with Gasteiger partial charge in [-0.05, 0) is 24.5 Å². The molecule has 0 spiro atoms. The minimum atomic E-state index is -0.878. The molecule has 2 rings (SSSR count). The summed E-state index contributed by atoms with van der Waals surface area (Å²) in [6.45, 7) is 2.23. The number of benzene rings is 1. The maximum Gasteiger partial charge on any atom is 0.404 e. The van der Waals surface area contributed by atoms with E-state index in [0.29, 0.717) is 6.42 Å². The Labute approximate surface area is 161 Å². The number of hydrogen-bond acceptors (Lipinski definition) is 7. The molecule has 0 fully saturated rings. The minimum absolute atomic E-state index is 0.0492. The van der Waals surface area contributed by atoms with Gasteiger partial charge in [0.15, 0.2) is 22.5 Å². The molecule has 0 aliphatic rings. The predicted octanol–water partition coefficient (Wildman–Crippen LogP) is 1.29. The van der Waals surface area contributed by atoms with Crippen LogP contribution in [-0.4, -0.2) is 35.1 Å². The Morgan fingerprint density at radius 1 is 1.22 bits per heavy atom. The molecule has 10 heteroatoms. The van der Waals surface area contributed by atoms with Crippen LogP contribution < -0.4 is 22.5 Å². The molecule has 27 heavy (non-hydrogen) atoms. The van der Waals surface area contributed by atoms with E-state index < -0.39 is 12.0 Å². The number of aryl methyl sites for hydroxylation is 1. The molecule has 0 aliphatic carbocycles. The average molecular weight is 393 g/mol. The van der Waals surface area contributed by atoms with Crippen LogP contribution in [0.1, 0.15) is 21.6 Å². The van der Waals surface area contributed by atoms with E-state index >= 15 is 0 Å². The Balaban J connectivity index is 2.08. The number of halogens is 1. The van der Waals surface area contributed by atoms with Gasteiger partial charge in [0.05, 0.1) is 6.61 Å². The number of ether oxygens (including phenoxy) is 1. The number of anilines is 2. The maximum absolute atomic E-state index is 12.4. The zero-order chi connectivity index (χ0) is 20.0. The fraction of sp³-hybridized carbons (Fsp3) is 0.294. The molecule has 1 aromatic carbocycles. The van der Waals surface area contributed by atoms with Crippen LogP contribution in [0.5, 0.6) is 0 Å². The molecule has 9 nitrogen and oxygen atoms in total. The molecule has 0 aliphatic heterocycles. The van der Waals surface area contributed by atoms with Crippen molar-refractivity contribution in [2.75, 3.05) is 24.6 Å². The highest BCUT2D eigenvalue weighted by atomic mass is 35.5. The SMILES string of the molecule is Cc1ccccc1CC(CNC(=O)c1nc(Cl)c(N)nc1N)COC(N)=O. The van der Waals surface area contributed by atoms with E-state index in [-0.39, 0.29) is 41.6 Å². The number of nitrogens with two attached hydrogens (primary N) is 3. The van der Waals surface area contributed by atoms with E-state index in [1.807, 2.05) is 31.2 Å². The quantitative estimate of drug-likeness (QED) is 0.552. The van der Waals surface area contributed by atoms with Gasteiger partial charge in [-0.25, -0.2) is 14.8 Å². The van der Waals surface area contributed by atoms with Crippen molar-refractivity contribution in [2.45, 2.75) is 13.3 Å². The van der Waals surface area contributed by atoms with Crippen molar-refractivity contribution in [3.05, 3.63) is 46.2 Å². The number of nitrogen functional groups attached to an aromatic ring is 2. The first-order chi connectivity index (χ1) is 12.8. The van der Waals surface area contributed by atoms with Crippen molar-refractivity contribution in [3.63, 3.8) is 0 Å². The summed E-state index contributed by atoms with van der Waals surface area (Å²) in [6.07, 6.45) is -0.305. The van der Waals surface area contributed by atoms with Gasteiger partial charge in [-0.15, -0.1) is 0 Å². The zero-order valence-electron chi connectivity index (χ0n) is 14.7. The van der Waals surface area contributed by atoms with Crippen molar-refractivity contribution in [1.29, 1.82) is 0 Å². The van der Waals surface area contributed by atoms with Gasteiger partial charge < -0.3 is 27.3 Å². The Morgan fingerprint density at radius 3 is 2.59 bits per heavy atom. The lowest BCUT2D eigenvalue weighted by molar-refractivity contribution is 0.0930. The molecule has 1 unspecified atom stereocenters. The van der Waals surface area contributed by atoms with Crippen LogP contribution in [0, 0.1) is 12.8 Å². The lowest BCUT2D eigenvalue weighted by Crippen LogP contribution is -2.34. The number of amides is 2. The topological polar surface area (TPSA) is 159 Å². The van der Waals surface area contributed by atoms with Crippen molar-refractivity contribution >= 4 is 35.2 Å². The first-order valence-corrected chi connectivity index (χ1v) is 8.49. The van der Waals surface area contributed by atoms with Gasteiger partial charge in [-0.2, -0.15) is 0 Å². The van der Waals surface area contributed by atoms with Gasteiger partial charge in [-0.3, -0.25) is 4.79 Å². The van der Waals surface area contributed by atoms with Crippen molar-refractivity contribution < 1.29 is 14.3 Å². The largest absolute Gasteiger partial charge is 0.449 e. The van der Waals surface area contributed by atoms with Crippen LogP contribution in [0.3, 0.4) is 0 Å². The molecule has 0 bridgehead atoms. The average Bonchev–Trinajstić information content (AvgIpc) is 2.61. The molecular weight excluding hydrogens is 372 g/mol. The maximum atomic E-state index is 12.4. The third-order valence-electron chi connectivity index (χ3n) is 3.90. The van der Waals surface area contributed by atoms with E-state index in [9.17, 15) is 9.59 Å². The Morgan fingerprint density at radius 2 is 1.93 bits per heavy atom. The minimum Gasteiger partial charge on any atom is -0.449 e. The first-order valence-electron chi connectivity index (χ1n) is 8.11. The van der Waals surface area contributed by atoms with Crippen molar-refractivity contribution in [1.82, 2.24) is 15.3 Å². The molecule has 0 saturated heterocycles. The smallest absolute Gasteiger partial charge is 0.404 e. The monoisotopic (exact) mass is 392 g/mol. The summed E-state index contributed by atoms with van der Waals surface area (Å²) in [5.74, 6) is -0.951. The summed E-state index contributed by atoms with van der Waals surface area (Å²) >= 11 is 5.80. The number of hydrogen-bond donors (Lipinski definition) is 4. The number of nitrogens with one attached hydrogen (secondary N) is 1. The number of rotatable bonds is 7. The van der Waals surface area contributed by atoms with Gasteiger partial charge in [0.1, 0.15) is 0 Å². The molecule has 1 heterocycles. The number of nitrogens with zero attached hydrogens (tertiary/aromatic N) is 2. The van der Waals surface area contributed by atoms with Gasteiger partial charge >= 0.3 is 6.09 Å². The third-order valence-corrected chi connectivity index (χ3v) is 4.18. The number of aromatic nitrogens is 2. The summed E-state index contributed by atoms with van der Waals surface area (Å²) in [4.78, 5) is 30.9. The normalized spacial score (nSPS) is 11.6. The lowest BCUT2D eigenvalue weighted by Gasteiger charge is -2.18. The van der Waals surface area contributed by atoms with E-state index in [2.05, 4.69) is 15.3 Å². The Hall–Kier alpha value is -3.07. The highest BCUT2D eigenvalue weighted by Crippen LogP contribution is 2.18. The van der Waals surface area contributed by atoms with Gasteiger partial charge in [-0.1, -0.05) is 35.9 Å². The van der Waals surface area contributed by atoms with Crippen LogP contribution in [0.2, 0.25) is 5.15 Å². The fourth-order valence-electron chi connectivity index (χ4n) is 2.47. The molecular formula is C17H21ClN6O3. The van der Waals surface area contributed by atoms with Gasteiger partial charge in [0.2, 0.25) is 0 Å². The second-order valence-corrected chi connectivity index (χ2v) is 6.33. The van der Waals surface area contributed by atoms with E-state index in [0.717, 1.165) is 11.1 Å². The second kappa shape index (κ2) is 9.04. The predicted molar refractivity (Wildman–Crippen MR) is 102 cm³/mol. The summed E-state index contributed by atoms with van der Waals surface area (Å²) < 4.78 is 4.91. The number of carbonyl (C=O) groups is 2. The summed E-state index contributed by atoms with van der Waals surface area (Å²) in [5, 5.41) is 2.59. The van der Waals surface area contributed by atoms with E-state index in [1.54, 1.807) is 0 Å². The van der Waals surface area contributed by atoms with E-state index in [1.165, 1.54) is 0 Å². The molecule has 7 N–H and O–H groups in total. The second-order valence-electron chi connectivity index (χ2n) is 5.97. The van der Waals surface area contributed by atoms with Crippen molar-refractivity contribution in [3.8, 4) is 0 Å². The standard InChI is InChI=1S/C17H21ClN6O3/c1-9-4-2-3-5-11(9)6-10(8-27-17(21)26)7-22-16(25)12-14(19)24-15(20)13(18)23-12/h2-5,10H,6-8H2,1H3,(H2,21,26)(H,22,25)(H4,19,20,24). The highest BCUT2D eigenvalue weighted by Gasteiger charge is 2.19. The summed E-state index contributed by atoms with van der Waals surface area (Å²) in [7, 11) is 0. The van der Waals surface area contributed by atoms with Crippen molar-refractivity contribution in [2.24, 2.45) is 11.7 Å². The molecule has 2 amide bonds. The molecule has 1 aromatic heterocycles. The Bertz CT molecular complexity index is 845. The van der Waals surface area contributed by atoms with Gasteiger partial charge in [0.25, 0.3) is 5.91 Å². The summed E-state index contributed by atoms with van der Waals surface area (Å²) in [5.41, 5.74) is 18.3. The summed E-state index contributed by atoms with van der Waals surface area (Å²) in [6, 6.07) is 7.80. The third kappa shape index (κ3) is 5.71. The van der Waals surface area contributed by atoms with Crippen LogP contribution in [0.15, 0.2) is 24.3 Å². The first kappa shape index (κ1) is 20.2. The number of primary amides is 1. The highest BCUT2D eigenvalue weighted by molar-refractivity contribution is 6.31. The van der Waals surface area contributed by atoms with Crippen LogP contribution in [0.4, 0.5) is 16.4 Å². The lowest BCUT2D eigenvalue weighted by atomic mass is 9.96. The molecule has 144 valence electrons. The Kier molecular flexibility index (Phi) is 6.78. The van der Waals surface area contributed by atoms with Crippen LogP contribution >= 0.6 is 11.6 Å². The van der Waals surface area contributed by atoms with Crippen LogP contribution in [0.25, 0.3) is 0 Å². The zero-order valence-corrected chi connectivity index (χ0v) is 15.5. The van der Waals surface area contributed by atoms with Gasteiger partial charge in [0, 0.05) is 12.5 Å². The molecule has 2 aromatic rings. The molecule has 0 saturated carbocycles.